The first-order valence-electron chi connectivity index (χ1n) is 12.9. The first kappa shape index (κ1) is 30.5. The quantitative estimate of drug-likeness (QED) is 0.0848. The molecule has 2 aliphatic heterocycles. The van der Waals surface area contributed by atoms with Crippen molar-refractivity contribution in [3.63, 3.8) is 0 Å². The van der Waals surface area contributed by atoms with E-state index in [1.54, 1.807) is 26.2 Å². The van der Waals surface area contributed by atoms with E-state index in [1.807, 2.05) is 6.92 Å². The molecule has 2 radical (unpaired) electrons. The van der Waals surface area contributed by atoms with Gasteiger partial charge in [-0.15, -0.1) is 11.3 Å². The number of nitrogen functional groups attached to an aromatic ring is 1. The summed E-state index contributed by atoms with van der Waals surface area (Å²) in [7, 11) is 5.16. The first-order valence-corrected chi connectivity index (χ1v) is 14.7. The number of fused-ring (bicyclic) bond motifs is 1. The van der Waals surface area contributed by atoms with Crippen LogP contribution in [0.1, 0.15) is 63.6 Å². The second-order valence-corrected chi connectivity index (χ2v) is 12.8. The van der Waals surface area contributed by atoms with Crippen molar-refractivity contribution in [1.29, 1.82) is 0 Å². The lowest BCUT2D eigenvalue weighted by molar-refractivity contribution is -0.153. The minimum Gasteiger partial charge on any atom is -0.541 e. The third-order valence-electron chi connectivity index (χ3n) is 6.99. The summed E-state index contributed by atoms with van der Waals surface area (Å²) in [6, 6.07) is 0. The van der Waals surface area contributed by atoms with Gasteiger partial charge in [-0.05, 0) is 27.2 Å². The molecule has 0 aromatic carbocycles. The van der Waals surface area contributed by atoms with E-state index in [0.717, 1.165) is 42.0 Å². The zero-order valence-corrected chi connectivity index (χ0v) is 24.7. The molecule has 2 aromatic rings. The first-order chi connectivity index (χ1) is 19.4. The molecule has 0 aliphatic carbocycles. The molecular formula is C24H30BN7O7S2. The number of hydrogen-bond acceptors (Lipinski definition) is 13. The van der Waals surface area contributed by atoms with Gasteiger partial charge in [-0.3, -0.25) is 19.2 Å². The molecule has 0 saturated carbocycles. The molecule has 2 fully saturated rings. The largest absolute Gasteiger partial charge is 0.541 e. The number of nitrogens with zero attached hydrogens (tertiary/aromatic N) is 6. The highest BCUT2D eigenvalue weighted by Gasteiger charge is 2.64. The average Bonchev–Trinajstić information content (AvgIpc) is 3.63. The number of carbonyl (C=O) groups is 4. The Bertz CT molecular complexity index is 1450. The molecule has 2 saturated heterocycles. The van der Waals surface area contributed by atoms with Crippen molar-refractivity contribution in [2.45, 2.75) is 75.6 Å². The summed E-state index contributed by atoms with van der Waals surface area (Å²) in [6.45, 7) is 6.71. The molecule has 17 heteroatoms. The lowest BCUT2D eigenvalue weighted by Gasteiger charge is -2.40. The van der Waals surface area contributed by atoms with E-state index >= 15 is 0 Å². The van der Waals surface area contributed by atoms with Crippen molar-refractivity contribution < 1.29 is 28.7 Å². The van der Waals surface area contributed by atoms with Gasteiger partial charge in [0.1, 0.15) is 12.0 Å². The molecule has 14 nitrogen and oxygen atoms in total. The number of unbranched alkanes of at least 4 members (excludes halogenated alkanes) is 2. The van der Waals surface area contributed by atoms with Gasteiger partial charge in [0.05, 0.1) is 22.8 Å². The Hall–Kier alpha value is -3.47. The van der Waals surface area contributed by atoms with Crippen LogP contribution in [0.5, 0.6) is 0 Å². The van der Waals surface area contributed by atoms with Gasteiger partial charge >= 0.3 is 19.7 Å². The molecule has 4 heterocycles. The lowest BCUT2D eigenvalue weighted by atomic mass is 9.90. The Balaban J connectivity index is 1.56. The van der Waals surface area contributed by atoms with E-state index in [2.05, 4.69) is 19.9 Å². The van der Waals surface area contributed by atoms with Gasteiger partial charge in [0.15, 0.2) is 22.9 Å². The summed E-state index contributed by atoms with van der Waals surface area (Å²) in [5.74, 6) is 2.60. The monoisotopic (exact) mass is 603 g/mol. The van der Waals surface area contributed by atoms with Crippen LogP contribution in [0, 0.1) is 12.8 Å². The maximum absolute atomic E-state index is 13.6. The van der Waals surface area contributed by atoms with Crippen molar-refractivity contribution >= 4 is 60.3 Å². The number of thiazole rings is 1. The predicted molar refractivity (Wildman–Crippen MR) is 150 cm³/mol. The Morgan fingerprint density at radius 2 is 2.02 bits per heavy atom. The number of thioether (sulfide) groups is 1. The number of carbonyl (C=O) groups excluding carboxylic acids is 4. The molecule has 0 unspecified atom stereocenters. The van der Waals surface area contributed by atoms with Crippen molar-refractivity contribution in [2.75, 3.05) is 12.4 Å². The summed E-state index contributed by atoms with van der Waals surface area (Å²) in [5.41, 5.74) is -1.96. The van der Waals surface area contributed by atoms with E-state index in [9.17, 15) is 24.0 Å². The second kappa shape index (κ2) is 11.8. The molecule has 0 spiro atoms. The molecule has 41 heavy (non-hydrogen) atoms. The van der Waals surface area contributed by atoms with E-state index in [0.29, 0.717) is 16.1 Å². The molecule has 2 N–H and O–H groups in total. The highest BCUT2D eigenvalue weighted by Crippen LogP contribution is 2.52. The summed E-state index contributed by atoms with van der Waals surface area (Å²) < 4.78 is 5.95. The van der Waals surface area contributed by atoms with E-state index in [4.69, 9.17) is 18.7 Å². The number of aryl methyl sites for hydroxylation is 1. The SMILES string of the molecule is [B]OC(=O)[C@@]1(n2ncn(N)c2=O)CN2C(=O)[C@@H](CC(=O)/C(=N\OC(C)(C)C(=O)CCCCC)c3csc(C)n3)[C@H]2S1. The molecule has 2 aromatic heterocycles. The lowest BCUT2D eigenvalue weighted by Crippen LogP contribution is -2.58. The van der Waals surface area contributed by atoms with Crippen LogP contribution in [0.15, 0.2) is 21.7 Å². The van der Waals surface area contributed by atoms with E-state index in [1.165, 1.54) is 16.2 Å². The van der Waals surface area contributed by atoms with Crippen LogP contribution in [-0.2, 0) is 33.5 Å². The number of nitrogens with two attached hydrogens (primary N) is 1. The second-order valence-electron chi connectivity index (χ2n) is 10.3. The molecule has 2 aliphatic rings. The standard InChI is InChI=1S/C24H30BN7O7S2/c1-5-6-7-8-17(34)23(3,4)39-29-18(15-10-40-13(2)28-15)16(33)9-14-19(35)30-11-24(21(36)38-25,41-20(14)30)32-22(37)31(26)12-27-32/h10,12,14,20H,5-9,11,26H2,1-4H3/b29-18-/t14-,20-,24-/m1/s1. The van der Waals surface area contributed by atoms with Crippen molar-refractivity contribution in [2.24, 2.45) is 11.1 Å². The third-order valence-corrected chi connectivity index (χ3v) is 9.45. The minimum absolute atomic E-state index is 0.122. The number of β-lactam (4-membered cyclic amide) rings is 1. The maximum Gasteiger partial charge on any atom is 0.378 e. The molecule has 1 amide bonds. The van der Waals surface area contributed by atoms with Crippen molar-refractivity contribution in [3.8, 4) is 0 Å². The third kappa shape index (κ3) is 5.69. The number of oxime groups is 1. The van der Waals surface area contributed by atoms with Gasteiger partial charge in [0.2, 0.25) is 10.8 Å². The van der Waals surface area contributed by atoms with Crippen molar-refractivity contribution in [1.82, 2.24) is 24.3 Å². The average molecular weight is 603 g/mol. The summed E-state index contributed by atoms with van der Waals surface area (Å²) in [6.07, 6.45) is 3.64. The predicted octanol–water partition coefficient (Wildman–Crippen LogP) is 0.642. The fourth-order valence-electron chi connectivity index (χ4n) is 4.59. The maximum atomic E-state index is 13.6. The normalized spacial score (nSPS) is 22.3. The van der Waals surface area contributed by atoms with Gasteiger partial charge in [-0.25, -0.2) is 9.78 Å². The van der Waals surface area contributed by atoms with Crippen LogP contribution in [-0.4, -0.2) is 79.1 Å². The van der Waals surface area contributed by atoms with Crippen LogP contribution in [0.3, 0.4) is 0 Å². The van der Waals surface area contributed by atoms with Crippen LogP contribution in [0.2, 0.25) is 0 Å². The number of rotatable bonds is 13. The zero-order chi connectivity index (χ0) is 30.1. The van der Waals surface area contributed by atoms with E-state index < -0.39 is 45.1 Å². The zero-order valence-electron chi connectivity index (χ0n) is 23.1. The van der Waals surface area contributed by atoms with Crippen molar-refractivity contribution in [3.05, 3.63) is 32.9 Å². The molecular weight excluding hydrogens is 573 g/mol. The summed E-state index contributed by atoms with van der Waals surface area (Å²) in [5, 5.41) is 9.62. The van der Waals surface area contributed by atoms with Gasteiger partial charge < -0.3 is 20.2 Å². The number of Topliss-reactive ketones (excluding diaryl/α,β-unsaturated/α-hetero) is 2. The van der Waals surface area contributed by atoms with Gasteiger partial charge in [0, 0.05) is 18.2 Å². The molecule has 4 rings (SSSR count). The topological polar surface area (TPSA) is 181 Å². The van der Waals surface area contributed by atoms with Gasteiger partial charge in [-0.2, -0.15) is 14.5 Å². The fraction of sp³-hybridized carbons (Fsp3) is 0.583. The Kier molecular flexibility index (Phi) is 8.77. The molecule has 0 bridgehead atoms. The number of aromatic nitrogens is 4. The number of hydrogen-bond donors (Lipinski definition) is 1. The molecule has 218 valence electrons. The van der Waals surface area contributed by atoms with Crippen LogP contribution in [0.25, 0.3) is 0 Å². The van der Waals surface area contributed by atoms with Gasteiger partial charge in [-0.1, -0.05) is 36.7 Å². The Labute approximate surface area is 245 Å². The Morgan fingerprint density at radius 3 is 2.61 bits per heavy atom. The number of amides is 1. The summed E-state index contributed by atoms with van der Waals surface area (Å²) >= 11 is 2.22. The molecule has 3 atom stereocenters. The smallest absolute Gasteiger partial charge is 0.378 e. The van der Waals surface area contributed by atoms with Crippen LogP contribution >= 0.6 is 23.1 Å². The minimum atomic E-state index is -1.79. The van der Waals surface area contributed by atoms with Crippen LogP contribution in [0.4, 0.5) is 0 Å². The van der Waals surface area contributed by atoms with Crippen LogP contribution < -0.4 is 11.5 Å². The summed E-state index contributed by atoms with van der Waals surface area (Å²) in [4.78, 5) is 74.2. The van der Waals surface area contributed by atoms with Gasteiger partial charge in [0.25, 0.3) is 0 Å². The number of ketones is 2. The highest BCUT2D eigenvalue weighted by molar-refractivity contribution is 8.01. The van der Waals surface area contributed by atoms with E-state index in [-0.39, 0.29) is 30.2 Å². The highest BCUT2D eigenvalue weighted by atomic mass is 32.2. The Morgan fingerprint density at radius 1 is 1.29 bits per heavy atom. The fourth-order valence-corrected chi connectivity index (χ4v) is 6.86.